The van der Waals surface area contributed by atoms with Crippen LogP contribution in [0.2, 0.25) is 0 Å². The fourth-order valence-electron chi connectivity index (χ4n) is 2.53. The molecule has 1 amide bonds. The number of nitrogens with zero attached hydrogens (tertiary/aromatic N) is 2. The molecule has 0 fully saturated rings. The molecule has 0 aliphatic heterocycles. The van der Waals surface area contributed by atoms with Gasteiger partial charge in [-0.25, -0.2) is 4.98 Å². The van der Waals surface area contributed by atoms with Crippen LogP contribution in [0.3, 0.4) is 0 Å². The summed E-state index contributed by atoms with van der Waals surface area (Å²) in [7, 11) is 1.65. The Labute approximate surface area is 157 Å². The van der Waals surface area contributed by atoms with Gasteiger partial charge in [-0.3, -0.25) is 9.78 Å². The fourth-order valence-corrected chi connectivity index (χ4v) is 3.34. The van der Waals surface area contributed by atoms with Crippen LogP contribution in [0.4, 0.5) is 0 Å². The molecule has 134 valence electrons. The summed E-state index contributed by atoms with van der Waals surface area (Å²) in [5, 5.41) is 5.96. The number of thiazole rings is 1. The molecule has 3 aromatic rings. The van der Waals surface area contributed by atoms with E-state index < -0.39 is 0 Å². The number of amides is 1. The predicted molar refractivity (Wildman–Crippen MR) is 103 cm³/mol. The standard InChI is InChI=1S/C20H21N3O2S/c1-25-17-4-2-15(3-5-17)8-13-22-19(24)6-7-20-23-18(14-26-20)16-9-11-21-12-10-16/h2-5,9-12,14H,6-8,13H2,1H3,(H,22,24). The second-order valence-electron chi connectivity index (χ2n) is 5.81. The van der Waals surface area contributed by atoms with Gasteiger partial charge in [-0.15, -0.1) is 11.3 Å². The number of ether oxygens (including phenoxy) is 1. The highest BCUT2D eigenvalue weighted by Crippen LogP contribution is 2.21. The number of methoxy groups -OCH3 is 1. The maximum atomic E-state index is 12.0. The Hall–Kier alpha value is -2.73. The lowest BCUT2D eigenvalue weighted by Crippen LogP contribution is -2.25. The molecule has 1 N–H and O–H groups in total. The van der Waals surface area contributed by atoms with Crippen LogP contribution in [-0.2, 0) is 17.6 Å². The van der Waals surface area contributed by atoms with E-state index in [0.29, 0.717) is 19.4 Å². The number of aromatic nitrogens is 2. The molecule has 0 aliphatic carbocycles. The molecule has 0 saturated carbocycles. The van der Waals surface area contributed by atoms with Gasteiger partial charge in [0.2, 0.25) is 5.91 Å². The van der Waals surface area contributed by atoms with Crippen LogP contribution in [0.25, 0.3) is 11.3 Å². The van der Waals surface area contributed by atoms with Gasteiger partial charge < -0.3 is 10.1 Å². The van der Waals surface area contributed by atoms with E-state index in [2.05, 4.69) is 15.3 Å². The summed E-state index contributed by atoms with van der Waals surface area (Å²) in [6.45, 7) is 0.630. The number of hydrogen-bond donors (Lipinski definition) is 1. The topological polar surface area (TPSA) is 64.1 Å². The number of carbonyl (C=O) groups excluding carboxylic acids is 1. The quantitative estimate of drug-likeness (QED) is 0.662. The number of nitrogens with one attached hydrogen (secondary N) is 1. The smallest absolute Gasteiger partial charge is 0.220 e. The van der Waals surface area contributed by atoms with Crippen molar-refractivity contribution in [3.8, 4) is 17.0 Å². The Morgan fingerprint density at radius 1 is 1.12 bits per heavy atom. The van der Waals surface area contributed by atoms with E-state index in [0.717, 1.165) is 28.4 Å². The molecule has 1 aromatic carbocycles. The van der Waals surface area contributed by atoms with Crippen LogP contribution in [0, 0.1) is 0 Å². The van der Waals surface area contributed by atoms with Crippen molar-refractivity contribution in [3.05, 3.63) is 64.7 Å². The molecule has 6 heteroatoms. The summed E-state index contributed by atoms with van der Waals surface area (Å²) >= 11 is 1.59. The summed E-state index contributed by atoms with van der Waals surface area (Å²) in [6.07, 6.45) is 5.42. The number of rotatable bonds is 8. The largest absolute Gasteiger partial charge is 0.497 e. The first-order valence-electron chi connectivity index (χ1n) is 8.49. The minimum atomic E-state index is 0.0548. The van der Waals surface area contributed by atoms with Gasteiger partial charge in [-0.05, 0) is 36.2 Å². The Morgan fingerprint density at radius 2 is 1.88 bits per heavy atom. The molecule has 2 heterocycles. The van der Waals surface area contributed by atoms with E-state index >= 15 is 0 Å². The van der Waals surface area contributed by atoms with Crippen LogP contribution >= 0.6 is 11.3 Å². The molecule has 26 heavy (non-hydrogen) atoms. The average molecular weight is 367 g/mol. The lowest BCUT2D eigenvalue weighted by Gasteiger charge is -2.06. The molecule has 0 bridgehead atoms. The van der Waals surface area contributed by atoms with E-state index in [1.54, 1.807) is 30.8 Å². The van der Waals surface area contributed by atoms with E-state index in [4.69, 9.17) is 4.74 Å². The van der Waals surface area contributed by atoms with Gasteiger partial charge in [0.15, 0.2) is 0 Å². The van der Waals surface area contributed by atoms with Crippen molar-refractivity contribution in [1.29, 1.82) is 0 Å². The number of hydrogen-bond acceptors (Lipinski definition) is 5. The highest BCUT2D eigenvalue weighted by Gasteiger charge is 2.07. The number of benzene rings is 1. The van der Waals surface area contributed by atoms with Crippen molar-refractivity contribution >= 4 is 17.2 Å². The van der Waals surface area contributed by atoms with Crippen molar-refractivity contribution < 1.29 is 9.53 Å². The van der Waals surface area contributed by atoms with Crippen molar-refractivity contribution in [1.82, 2.24) is 15.3 Å². The second kappa shape index (κ2) is 9.10. The van der Waals surface area contributed by atoms with E-state index in [1.807, 2.05) is 41.8 Å². The Balaban J connectivity index is 1.40. The summed E-state index contributed by atoms with van der Waals surface area (Å²) < 4.78 is 5.14. The summed E-state index contributed by atoms with van der Waals surface area (Å²) in [6, 6.07) is 11.8. The third-order valence-electron chi connectivity index (χ3n) is 3.99. The lowest BCUT2D eigenvalue weighted by molar-refractivity contribution is -0.121. The normalized spacial score (nSPS) is 10.5. The van der Waals surface area contributed by atoms with Crippen LogP contribution < -0.4 is 10.1 Å². The second-order valence-corrected chi connectivity index (χ2v) is 6.75. The highest BCUT2D eigenvalue weighted by molar-refractivity contribution is 7.09. The molecule has 0 unspecified atom stereocenters. The van der Waals surface area contributed by atoms with Crippen molar-refractivity contribution in [2.45, 2.75) is 19.3 Å². The maximum absolute atomic E-state index is 12.0. The molecular weight excluding hydrogens is 346 g/mol. The SMILES string of the molecule is COc1ccc(CCNC(=O)CCc2nc(-c3ccncc3)cs2)cc1. The third kappa shape index (κ3) is 5.13. The van der Waals surface area contributed by atoms with Gasteiger partial charge in [0.25, 0.3) is 0 Å². The summed E-state index contributed by atoms with van der Waals surface area (Å²) in [5.41, 5.74) is 3.16. The van der Waals surface area contributed by atoms with Crippen molar-refractivity contribution in [2.24, 2.45) is 0 Å². The number of aryl methyl sites for hydroxylation is 1. The van der Waals surface area contributed by atoms with E-state index in [9.17, 15) is 4.79 Å². The van der Waals surface area contributed by atoms with Crippen LogP contribution in [-0.4, -0.2) is 29.5 Å². The zero-order valence-corrected chi connectivity index (χ0v) is 15.5. The molecule has 5 nitrogen and oxygen atoms in total. The molecule has 0 radical (unpaired) electrons. The van der Waals surface area contributed by atoms with Gasteiger partial charge in [0.1, 0.15) is 5.75 Å². The maximum Gasteiger partial charge on any atom is 0.220 e. The first-order valence-corrected chi connectivity index (χ1v) is 9.37. The monoisotopic (exact) mass is 367 g/mol. The van der Waals surface area contributed by atoms with Gasteiger partial charge in [-0.2, -0.15) is 0 Å². The highest BCUT2D eigenvalue weighted by atomic mass is 32.1. The summed E-state index contributed by atoms with van der Waals surface area (Å²) in [4.78, 5) is 20.6. The van der Waals surface area contributed by atoms with Crippen LogP contribution in [0.15, 0.2) is 54.2 Å². The van der Waals surface area contributed by atoms with Gasteiger partial charge >= 0.3 is 0 Å². The zero-order valence-electron chi connectivity index (χ0n) is 14.6. The molecule has 0 aliphatic rings. The van der Waals surface area contributed by atoms with E-state index in [-0.39, 0.29) is 5.91 Å². The van der Waals surface area contributed by atoms with Crippen LogP contribution in [0.5, 0.6) is 5.75 Å². The first-order chi connectivity index (χ1) is 12.7. The third-order valence-corrected chi connectivity index (χ3v) is 4.90. The Morgan fingerprint density at radius 3 is 2.62 bits per heavy atom. The van der Waals surface area contributed by atoms with Gasteiger partial charge in [0, 0.05) is 42.7 Å². The van der Waals surface area contributed by atoms with Gasteiger partial charge in [-0.1, -0.05) is 12.1 Å². The average Bonchev–Trinajstić information content (AvgIpc) is 3.17. The molecular formula is C20H21N3O2S. The Kier molecular flexibility index (Phi) is 6.33. The molecule has 3 rings (SSSR count). The summed E-state index contributed by atoms with van der Waals surface area (Å²) in [5.74, 6) is 0.895. The van der Waals surface area contributed by atoms with E-state index in [1.165, 1.54) is 5.56 Å². The predicted octanol–water partition coefficient (Wildman–Crippen LogP) is 3.51. The number of pyridine rings is 1. The minimum absolute atomic E-state index is 0.0548. The van der Waals surface area contributed by atoms with Gasteiger partial charge in [0.05, 0.1) is 17.8 Å². The van der Waals surface area contributed by atoms with Crippen molar-refractivity contribution in [2.75, 3.05) is 13.7 Å². The molecule has 0 atom stereocenters. The molecule has 0 saturated heterocycles. The fraction of sp³-hybridized carbons (Fsp3) is 0.250. The zero-order chi connectivity index (χ0) is 18.2. The van der Waals surface area contributed by atoms with Crippen molar-refractivity contribution in [3.63, 3.8) is 0 Å². The van der Waals surface area contributed by atoms with Crippen LogP contribution in [0.1, 0.15) is 17.0 Å². The first kappa shape index (κ1) is 18.1. The molecule has 0 spiro atoms. The number of carbonyl (C=O) groups is 1. The Bertz CT molecular complexity index is 832. The minimum Gasteiger partial charge on any atom is -0.497 e. The molecule has 2 aromatic heterocycles. The lowest BCUT2D eigenvalue weighted by atomic mass is 10.1.